The Bertz CT molecular complexity index is 471. The maximum Gasteiger partial charge on any atom is 0.292 e. The highest BCUT2D eigenvalue weighted by Gasteiger charge is 2.26. The van der Waals surface area contributed by atoms with E-state index in [0.29, 0.717) is 5.02 Å². The molecule has 1 aromatic carbocycles. The second kappa shape index (κ2) is 5.01. The zero-order chi connectivity index (χ0) is 13.2. The molecule has 0 atom stereocenters. The van der Waals surface area contributed by atoms with Crippen molar-refractivity contribution in [1.82, 2.24) is 0 Å². The molecule has 0 unspecified atom stereocenters. The molecule has 0 aliphatic heterocycles. The first kappa shape index (κ1) is 13.9. The van der Waals surface area contributed by atoms with E-state index >= 15 is 0 Å². The van der Waals surface area contributed by atoms with E-state index in [1.807, 2.05) is 0 Å². The maximum absolute atomic E-state index is 11.7. The molecule has 0 bridgehead atoms. The number of nitro groups is 1. The van der Waals surface area contributed by atoms with Crippen LogP contribution in [0.5, 0.6) is 0 Å². The van der Waals surface area contributed by atoms with Crippen LogP contribution in [0.3, 0.4) is 0 Å². The van der Waals surface area contributed by atoms with Crippen LogP contribution in [0.4, 0.5) is 11.4 Å². The molecule has 0 heterocycles. The van der Waals surface area contributed by atoms with Gasteiger partial charge in [-0.3, -0.25) is 14.9 Å². The van der Waals surface area contributed by atoms with Crippen LogP contribution >= 0.6 is 27.5 Å². The number of nitrogens with one attached hydrogen (secondary N) is 1. The highest BCUT2D eigenvalue weighted by molar-refractivity contribution is 9.10. The predicted molar refractivity (Wildman–Crippen MR) is 69.7 cm³/mol. The van der Waals surface area contributed by atoms with E-state index in [-0.39, 0.29) is 17.3 Å². The zero-order valence-electron chi connectivity index (χ0n) is 9.16. The Morgan fingerprint density at radius 1 is 1.53 bits per heavy atom. The lowest BCUT2D eigenvalue weighted by Gasteiger charge is -2.15. The molecule has 0 radical (unpaired) electrons. The van der Waals surface area contributed by atoms with Crippen LogP contribution in [-0.2, 0) is 4.79 Å². The first-order chi connectivity index (χ1) is 7.71. The minimum absolute atomic E-state index is 0.0834. The van der Waals surface area contributed by atoms with E-state index in [1.165, 1.54) is 18.2 Å². The Morgan fingerprint density at radius 2 is 2.12 bits per heavy atom. The van der Waals surface area contributed by atoms with E-state index in [4.69, 9.17) is 11.6 Å². The Balaban J connectivity index is 3.09. The molecule has 1 amide bonds. The Morgan fingerprint density at radius 3 is 2.59 bits per heavy atom. The second-order valence-corrected chi connectivity index (χ2v) is 6.26. The van der Waals surface area contributed by atoms with Crippen LogP contribution in [0.15, 0.2) is 18.2 Å². The third-order valence-corrected chi connectivity index (χ3v) is 2.54. The number of anilines is 1. The fourth-order valence-electron chi connectivity index (χ4n) is 1.04. The molecule has 0 aliphatic carbocycles. The van der Waals surface area contributed by atoms with Crippen LogP contribution in [0.2, 0.25) is 5.02 Å². The molecule has 17 heavy (non-hydrogen) atoms. The van der Waals surface area contributed by atoms with Gasteiger partial charge in [-0.05, 0) is 26.0 Å². The van der Waals surface area contributed by atoms with Gasteiger partial charge in [0.15, 0.2) is 0 Å². The first-order valence-electron chi connectivity index (χ1n) is 4.66. The summed E-state index contributed by atoms with van der Waals surface area (Å²) in [7, 11) is 0. The van der Waals surface area contributed by atoms with E-state index in [0.717, 1.165) is 0 Å². The number of hydrogen-bond donors (Lipinski definition) is 1. The lowest BCUT2D eigenvalue weighted by Crippen LogP contribution is -2.31. The van der Waals surface area contributed by atoms with Gasteiger partial charge in [-0.25, -0.2) is 0 Å². The average Bonchev–Trinajstić information content (AvgIpc) is 2.15. The number of carbonyl (C=O) groups is 1. The highest BCUT2D eigenvalue weighted by atomic mass is 79.9. The Hall–Kier alpha value is -1.14. The number of carbonyl (C=O) groups excluding carboxylic acids is 1. The number of alkyl halides is 1. The molecule has 0 aliphatic rings. The molecule has 92 valence electrons. The van der Waals surface area contributed by atoms with Crippen LogP contribution in [-0.4, -0.2) is 15.2 Å². The van der Waals surface area contributed by atoms with Gasteiger partial charge in [0.2, 0.25) is 5.91 Å². The summed E-state index contributed by atoms with van der Waals surface area (Å²) in [4.78, 5) is 21.9. The summed E-state index contributed by atoms with van der Waals surface area (Å²) >= 11 is 8.90. The molecule has 0 aromatic heterocycles. The summed E-state index contributed by atoms with van der Waals surface area (Å²) < 4.78 is -0.816. The van der Waals surface area contributed by atoms with Crippen molar-refractivity contribution in [3.05, 3.63) is 33.3 Å². The van der Waals surface area contributed by atoms with Gasteiger partial charge in [0.1, 0.15) is 5.69 Å². The van der Waals surface area contributed by atoms with Crippen molar-refractivity contribution in [2.24, 2.45) is 0 Å². The molecule has 0 fully saturated rings. The van der Waals surface area contributed by atoms with Crippen LogP contribution in [0.25, 0.3) is 0 Å². The second-order valence-electron chi connectivity index (χ2n) is 3.85. The fraction of sp³-hybridized carbons (Fsp3) is 0.300. The van der Waals surface area contributed by atoms with Crippen molar-refractivity contribution in [3.8, 4) is 0 Å². The van der Waals surface area contributed by atoms with Gasteiger partial charge in [0.05, 0.1) is 9.25 Å². The summed E-state index contributed by atoms with van der Waals surface area (Å²) in [5.41, 5.74) is -0.112. The van der Waals surface area contributed by atoms with Gasteiger partial charge in [0, 0.05) is 11.1 Å². The summed E-state index contributed by atoms with van der Waals surface area (Å²) in [6.45, 7) is 3.28. The first-order valence-corrected chi connectivity index (χ1v) is 5.83. The van der Waals surface area contributed by atoms with Crippen molar-refractivity contribution < 1.29 is 9.72 Å². The van der Waals surface area contributed by atoms with Crippen molar-refractivity contribution in [3.63, 3.8) is 0 Å². The van der Waals surface area contributed by atoms with Gasteiger partial charge >= 0.3 is 0 Å². The van der Waals surface area contributed by atoms with E-state index < -0.39 is 9.25 Å². The lowest BCUT2D eigenvalue weighted by atomic mass is 10.2. The van der Waals surface area contributed by atoms with E-state index in [9.17, 15) is 14.9 Å². The molecular weight excluding hydrogens is 311 g/mol. The number of halogens is 2. The Kier molecular flexibility index (Phi) is 4.11. The third kappa shape index (κ3) is 3.67. The van der Waals surface area contributed by atoms with Crippen molar-refractivity contribution in [1.29, 1.82) is 0 Å². The van der Waals surface area contributed by atoms with E-state index in [2.05, 4.69) is 21.2 Å². The minimum Gasteiger partial charge on any atom is -0.319 e. The van der Waals surface area contributed by atoms with Gasteiger partial charge < -0.3 is 5.32 Å². The number of hydrogen-bond acceptors (Lipinski definition) is 3. The number of nitrogens with zero attached hydrogens (tertiary/aromatic N) is 1. The standard InChI is InChI=1S/C10H10BrClN2O3/c1-10(2,11)9(15)13-7-5-6(12)3-4-8(7)14(16)17/h3-5H,1-2H3,(H,13,15). The normalized spacial score (nSPS) is 11.1. The zero-order valence-corrected chi connectivity index (χ0v) is 11.5. The summed E-state index contributed by atoms with van der Waals surface area (Å²) in [5.74, 6) is -0.386. The molecule has 0 saturated carbocycles. The summed E-state index contributed by atoms with van der Waals surface area (Å²) in [5, 5.41) is 13.5. The third-order valence-electron chi connectivity index (χ3n) is 1.94. The quantitative estimate of drug-likeness (QED) is 0.527. The smallest absolute Gasteiger partial charge is 0.292 e. The SMILES string of the molecule is CC(C)(Br)C(=O)Nc1cc(Cl)ccc1[N+](=O)[O-]. The maximum atomic E-state index is 11.7. The molecule has 1 N–H and O–H groups in total. The predicted octanol–water partition coefficient (Wildman–Crippen LogP) is 3.36. The lowest BCUT2D eigenvalue weighted by molar-refractivity contribution is -0.383. The number of nitro benzene ring substituents is 1. The highest BCUT2D eigenvalue weighted by Crippen LogP contribution is 2.29. The van der Waals surface area contributed by atoms with Gasteiger partial charge in [0.25, 0.3) is 5.69 Å². The topological polar surface area (TPSA) is 72.2 Å². The monoisotopic (exact) mass is 320 g/mol. The molecule has 1 rings (SSSR count). The summed E-state index contributed by atoms with van der Waals surface area (Å²) in [6.07, 6.45) is 0. The average molecular weight is 322 g/mol. The van der Waals surface area contributed by atoms with Gasteiger partial charge in [-0.1, -0.05) is 27.5 Å². The fourth-order valence-corrected chi connectivity index (χ4v) is 1.31. The summed E-state index contributed by atoms with van der Waals surface area (Å²) in [6, 6.07) is 3.99. The van der Waals surface area contributed by atoms with Crippen molar-refractivity contribution in [2.75, 3.05) is 5.32 Å². The van der Waals surface area contributed by atoms with Crippen LogP contribution in [0.1, 0.15) is 13.8 Å². The molecular formula is C10H10BrClN2O3. The number of rotatable bonds is 3. The van der Waals surface area contributed by atoms with Crippen molar-refractivity contribution in [2.45, 2.75) is 18.2 Å². The number of benzene rings is 1. The van der Waals surface area contributed by atoms with E-state index in [1.54, 1.807) is 13.8 Å². The number of amides is 1. The van der Waals surface area contributed by atoms with Crippen LogP contribution < -0.4 is 5.32 Å². The largest absolute Gasteiger partial charge is 0.319 e. The molecule has 0 saturated heterocycles. The van der Waals surface area contributed by atoms with Crippen molar-refractivity contribution >= 4 is 44.8 Å². The molecule has 7 heteroatoms. The molecule has 5 nitrogen and oxygen atoms in total. The Labute approximate surface area is 111 Å². The van der Waals surface area contributed by atoms with Gasteiger partial charge in [-0.2, -0.15) is 0 Å². The van der Waals surface area contributed by atoms with Gasteiger partial charge in [-0.15, -0.1) is 0 Å². The minimum atomic E-state index is -0.816. The van der Waals surface area contributed by atoms with Crippen LogP contribution in [0, 0.1) is 10.1 Å². The molecule has 0 spiro atoms. The molecule has 1 aromatic rings.